The Hall–Kier alpha value is -0.610. The third-order valence-corrected chi connectivity index (χ3v) is 5.11. The number of piperidine rings is 1. The van der Waals surface area contributed by atoms with Crippen LogP contribution in [0, 0.1) is 11.8 Å². The summed E-state index contributed by atoms with van der Waals surface area (Å²) in [6, 6.07) is 0.949. The molecule has 21 heavy (non-hydrogen) atoms. The van der Waals surface area contributed by atoms with E-state index in [0.717, 1.165) is 19.5 Å². The maximum absolute atomic E-state index is 12.7. The minimum Gasteiger partial charge on any atom is -0.337 e. The highest BCUT2D eigenvalue weighted by Gasteiger charge is 2.35. The summed E-state index contributed by atoms with van der Waals surface area (Å²) in [7, 11) is 0. The zero-order valence-electron chi connectivity index (χ0n) is 14.1. The molecule has 2 fully saturated rings. The van der Waals surface area contributed by atoms with Crippen molar-refractivity contribution in [2.24, 2.45) is 17.6 Å². The van der Waals surface area contributed by atoms with E-state index in [1.807, 2.05) is 0 Å². The fraction of sp³-hybridized carbons (Fsp3) is 0.941. The predicted octanol–water partition coefficient (Wildman–Crippen LogP) is 2.08. The first-order chi connectivity index (χ1) is 10.0. The number of piperazine rings is 1. The molecule has 4 nitrogen and oxygen atoms in total. The Balaban J connectivity index is 1.91. The molecule has 0 aromatic heterocycles. The van der Waals surface area contributed by atoms with E-state index in [4.69, 9.17) is 5.73 Å². The molecule has 2 N–H and O–H groups in total. The summed E-state index contributed by atoms with van der Waals surface area (Å²) < 4.78 is 0. The molecule has 0 spiro atoms. The lowest BCUT2D eigenvalue weighted by molar-refractivity contribution is -0.139. The molecule has 2 aliphatic rings. The standard InChI is InChI=1S/C17H33N3O/c1-13(2)8-15(10-18)9-17(21)20-12-16-6-4-5-7-19(16)11-14(20)3/h13-16H,4-12,18H2,1-3H3. The highest BCUT2D eigenvalue weighted by Crippen LogP contribution is 2.25. The van der Waals surface area contributed by atoms with Gasteiger partial charge in [0, 0.05) is 31.6 Å². The van der Waals surface area contributed by atoms with Gasteiger partial charge in [-0.3, -0.25) is 9.69 Å². The minimum absolute atomic E-state index is 0.323. The monoisotopic (exact) mass is 295 g/mol. The van der Waals surface area contributed by atoms with E-state index in [0.29, 0.717) is 42.8 Å². The summed E-state index contributed by atoms with van der Waals surface area (Å²) in [6.07, 6.45) is 5.58. The molecule has 4 heteroatoms. The topological polar surface area (TPSA) is 49.6 Å². The molecule has 2 saturated heterocycles. The van der Waals surface area contributed by atoms with Crippen molar-refractivity contribution < 1.29 is 4.79 Å². The van der Waals surface area contributed by atoms with E-state index < -0.39 is 0 Å². The summed E-state index contributed by atoms with van der Waals surface area (Å²) in [4.78, 5) is 17.4. The van der Waals surface area contributed by atoms with Gasteiger partial charge in [0.2, 0.25) is 5.91 Å². The molecule has 0 saturated carbocycles. The Kier molecular flexibility index (Phi) is 6.06. The Morgan fingerprint density at radius 3 is 2.71 bits per heavy atom. The van der Waals surface area contributed by atoms with Gasteiger partial charge in [-0.2, -0.15) is 0 Å². The van der Waals surface area contributed by atoms with Gasteiger partial charge >= 0.3 is 0 Å². The molecule has 0 aromatic carbocycles. The lowest BCUT2D eigenvalue weighted by Gasteiger charge is -2.47. The molecule has 0 aliphatic carbocycles. The van der Waals surface area contributed by atoms with E-state index >= 15 is 0 Å². The fourth-order valence-corrected chi connectivity index (χ4v) is 3.99. The van der Waals surface area contributed by atoms with Crippen LogP contribution in [0.4, 0.5) is 0 Å². The van der Waals surface area contributed by atoms with Crippen LogP contribution >= 0.6 is 0 Å². The van der Waals surface area contributed by atoms with E-state index in [1.165, 1.54) is 25.8 Å². The zero-order valence-corrected chi connectivity index (χ0v) is 14.1. The zero-order chi connectivity index (χ0) is 15.4. The Labute approximate surface area is 130 Å². The van der Waals surface area contributed by atoms with Crippen molar-refractivity contribution in [3.63, 3.8) is 0 Å². The molecule has 122 valence electrons. The van der Waals surface area contributed by atoms with Crippen molar-refractivity contribution in [3.8, 4) is 0 Å². The Morgan fingerprint density at radius 2 is 2.05 bits per heavy atom. The number of fused-ring (bicyclic) bond motifs is 1. The second kappa shape index (κ2) is 7.59. The van der Waals surface area contributed by atoms with Gasteiger partial charge in [0.15, 0.2) is 0 Å². The van der Waals surface area contributed by atoms with Gasteiger partial charge in [-0.15, -0.1) is 0 Å². The van der Waals surface area contributed by atoms with E-state index in [1.54, 1.807) is 0 Å². The number of nitrogens with two attached hydrogens (primary N) is 1. The van der Waals surface area contributed by atoms with Crippen molar-refractivity contribution in [1.29, 1.82) is 0 Å². The molecule has 2 aliphatic heterocycles. The van der Waals surface area contributed by atoms with Crippen LogP contribution in [0.25, 0.3) is 0 Å². The van der Waals surface area contributed by atoms with E-state index in [-0.39, 0.29) is 0 Å². The number of hydrogen-bond donors (Lipinski definition) is 1. The van der Waals surface area contributed by atoms with Crippen LogP contribution < -0.4 is 5.73 Å². The first-order valence-electron chi connectivity index (χ1n) is 8.74. The Bertz CT molecular complexity index is 345. The molecule has 0 bridgehead atoms. The summed E-state index contributed by atoms with van der Waals surface area (Å²) >= 11 is 0. The first-order valence-corrected chi connectivity index (χ1v) is 8.74. The SMILES string of the molecule is CC(C)CC(CN)CC(=O)N1CC2CCCCN2CC1C. The van der Waals surface area contributed by atoms with Crippen LogP contribution in [-0.4, -0.2) is 54.0 Å². The van der Waals surface area contributed by atoms with Crippen molar-refractivity contribution in [2.45, 2.75) is 65.0 Å². The normalized spacial score (nSPS) is 28.5. The Morgan fingerprint density at radius 1 is 1.29 bits per heavy atom. The summed E-state index contributed by atoms with van der Waals surface area (Å²) in [5.41, 5.74) is 5.86. The quantitative estimate of drug-likeness (QED) is 0.845. The number of carbonyl (C=O) groups is 1. The van der Waals surface area contributed by atoms with Crippen LogP contribution in [0.5, 0.6) is 0 Å². The summed E-state index contributed by atoms with van der Waals surface area (Å²) in [6.45, 7) is 10.4. The van der Waals surface area contributed by atoms with Crippen LogP contribution in [0.3, 0.4) is 0 Å². The van der Waals surface area contributed by atoms with Gasteiger partial charge in [-0.1, -0.05) is 20.3 Å². The second-order valence-electron chi connectivity index (χ2n) is 7.48. The van der Waals surface area contributed by atoms with Crippen LogP contribution in [0.15, 0.2) is 0 Å². The molecule has 3 unspecified atom stereocenters. The van der Waals surface area contributed by atoms with Gasteiger partial charge < -0.3 is 10.6 Å². The van der Waals surface area contributed by atoms with Crippen molar-refractivity contribution in [3.05, 3.63) is 0 Å². The molecule has 0 aromatic rings. The largest absolute Gasteiger partial charge is 0.337 e. The molecule has 2 rings (SSSR count). The van der Waals surface area contributed by atoms with E-state index in [2.05, 4.69) is 30.6 Å². The maximum atomic E-state index is 12.7. The minimum atomic E-state index is 0.323. The molecule has 1 amide bonds. The second-order valence-corrected chi connectivity index (χ2v) is 7.48. The fourth-order valence-electron chi connectivity index (χ4n) is 3.99. The van der Waals surface area contributed by atoms with Crippen LogP contribution in [-0.2, 0) is 4.79 Å². The lowest BCUT2D eigenvalue weighted by atomic mass is 9.92. The summed E-state index contributed by atoms with van der Waals surface area (Å²) in [5.74, 6) is 1.27. The van der Waals surface area contributed by atoms with Gasteiger partial charge in [0.1, 0.15) is 0 Å². The molecule has 0 radical (unpaired) electrons. The third-order valence-electron chi connectivity index (χ3n) is 5.11. The van der Waals surface area contributed by atoms with Gasteiger partial charge in [-0.25, -0.2) is 0 Å². The number of amides is 1. The third kappa shape index (κ3) is 4.43. The lowest BCUT2D eigenvalue weighted by Crippen LogP contribution is -2.60. The van der Waals surface area contributed by atoms with E-state index in [9.17, 15) is 4.79 Å². The van der Waals surface area contributed by atoms with Crippen molar-refractivity contribution in [1.82, 2.24) is 9.80 Å². The highest BCUT2D eigenvalue weighted by molar-refractivity contribution is 5.77. The first kappa shape index (κ1) is 16.8. The number of rotatable bonds is 5. The number of hydrogen-bond acceptors (Lipinski definition) is 3. The van der Waals surface area contributed by atoms with Crippen LogP contribution in [0.2, 0.25) is 0 Å². The smallest absolute Gasteiger partial charge is 0.223 e. The number of nitrogens with zero attached hydrogens (tertiary/aromatic N) is 2. The van der Waals surface area contributed by atoms with Gasteiger partial charge in [0.05, 0.1) is 0 Å². The average Bonchev–Trinajstić information content (AvgIpc) is 2.45. The highest BCUT2D eigenvalue weighted by atomic mass is 16.2. The summed E-state index contributed by atoms with van der Waals surface area (Å²) in [5, 5.41) is 0. The molecule has 2 heterocycles. The molecule has 3 atom stereocenters. The van der Waals surface area contributed by atoms with Crippen molar-refractivity contribution in [2.75, 3.05) is 26.2 Å². The maximum Gasteiger partial charge on any atom is 0.223 e. The molecular formula is C17H33N3O. The van der Waals surface area contributed by atoms with Crippen molar-refractivity contribution >= 4 is 5.91 Å². The van der Waals surface area contributed by atoms with Gasteiger partial charge in [-0.05, 0) is 51.1 Å². The number of carbonyl (C=O) groups excluding carboxylic acids is 1. The predicted molar refractivity (Wildman–Crippen MR) is 87.0 cm³/mol. The average molecular weight is 295 g/mol. The van der Waals surface area contributed by atoms with Gasteiger partial charge in [0.25, 0.3) is 0 Å². The van der Waals surface area contributed by atoms with Crippen LogP contribution in [0.1, 0.15) is 52.9 Å². The molecular weight excluding hydrogens is 262 g/mol.